The normalized spacial score (nSPS) is 13.5. The quantitative estimate of drug-likeness (QED) is 0.833. The maximum atomic E-state index is 12.6. The summed E-state index contributed by atoms with van der Waals surface area (Å²) in [6, 6.07) is 9.16. The Balaban J connectivity index is 2.23. The van der Waals surface area contributed by atoms with E-state index in [1.54, 1.807) is 0 Å². The number of H-pyrrole nitrogens is 1. The number of hydrogen-bond acceptors (Lipinski definition) is 3. The van der Waals surface area contributed by atoms with E-state index >= 15 is 0 Å². The van der Waals surface area contributed by atoms with Crippen LogP contribution < -0.4 is 5.32 Å². The maximum absolute atomic E-state index is 12.6. The van der Waals surface area contributed by atoms with Crippen LogP contribution in [0.3, 0.4) is 0 Å². The number of nitrogens with one attached hydrogen (secondary N) is 2. The summed E-state index contributed by atoms with van der Waals surface area (Å²) in [7, 11) is 0. The van der Waals surface area contributed by atoms with Crippen LogP contribution in [-0.2, 0) is 20.7 Å². The van der Waals surface area contributed by atoms with Gasteiger partial charge in [0.15, 0.2) is 0 Å². The predicted octanol–water partition coefficient (Wildman–Crippen LogP) is 3.58. The van der Waals surface area contributed by atoms with E-state index in [4.69, 9.17) is 4.74 Å². The summed E-state index contributed by atoms with van der Waals surface area (Å²) in [6.07, 6.45) is 0.353. The number of esters is 1. The number of ether oxygens (including phenoxy) is 1. The smallest absolute Gasteiger partial charge is 0.329 e. The molecule has 1 amide bonds. The Labute approximate surface area is 149 Å². The topological polar surface area (TPSA) is 71.2 Å². The van der Waals surface area contributed by atoms with Crippen LogP contribution in [0.4, 0.5) is 0 Å². The Kier molecular flexibility index (Phi) is 5.26. The van der Waals surface area contributed by atoms with Gasteiger partial charge in [0.05, 0.1) is 0 Å². The lowest BCUT2D eigenvalue weighted by molar-refractivity contribution is -0.159. The van der Waals surface area contributed by atoms with Crippen LogP contribution in [0.25, 0.3) is 10.9 Å². The zero-order valence-corrected chi connectivity index (χ0v) is 15.9. The second-order valence-electron chi connectivity index (χ2n) is 8.40. The monoisotopic (exact) mass is 344 g/mol. The van der Waals surface area contributed by atoms with Gasteiger partial charge >= 0.3 is 5.97 Å². The third-order valence-electron chi connectivity index (χ3n) is 3.69. The number of amides is 1. The average molecular weight is 344 g/mol. The van der Waals surface area contributed by atoms with Crippen LogP contribution in [0.5, 0.6) is 0 Å². The Morgan fingerprint density at radius 2 is 1.76 bits per heavy atom. The summed E-state index contributed by atoms with van der Waals surface area (Å²) in [5, 5.41) is 3.91. The molecule has 0 aliphatic rings. The molecule has 5 nitrogen and oxygen atoms in total. The van der Waals surface area contributed by atoms with Gasteiger partial charge in [-0.15, -0.1) is 0 Å². The maximum Gasteiger partial charge on any atom is 0.329 e. The molecule has 2 aromatic rings. The lowest BCUT2D eigenvalue weighted by Crippen LogP contribution is -2.49. The van der Waals surface area contributed by atoms with Crippen LogP contribution in [0.15, 0.2) is 30.3 Å². The van der Waals surface area contributed by atoms with Crippen LogP contribution in [-0.4, -0.2) is 28.5 Å². The van der Waals surface area contributed by atoms with Gasteiger partial charge < -0.3 is 15.0 Å². The minimum atomic E-state index is -0.737. The minimum Gasteiger partial charge on any atom is -0.458 e. The van der Waals surface area contributed by atoms with Gasteiger partial charge in [0.1, 0.15) is 11.6 Å². The van der Waals surface area contributed by atoms with Crippen molar-refractivity contribution in [2.24, 2.45) is 5.41 Å². The van der Waals surface area contributed by atoms with Crippen molar-refractivity contribution in [3.05, 3.63) is 36.0 Å². The summed E-state index contributed by atoms with van der Waals surface area (Å²) in [4.78, 5) is 28.3. The fraction of sp³-hybridized carbons (Fsp3) is 0.500. The van der Waals surface area contributed by atoms with Crippen molar-refractivity contribution in [3.8, 4) is 0 Å². The summed E-state index contributed by atoms with van der Waals surface area (Å²) < 4.78 is 5.49. The predicted molar refractivity (Wildman–Crippen MR) is 99.2 cm³/mol. The van der Waals surface area contributed by atoms with E-state index in [0.29, 0.717) is 6.42 Å². The highest BCUT2D eigenvalue weighted by molar-refractivity contribution is 5.88. The molecule has 1 unspecified atom stereocenters. The van der Waals surface area contributed by atoms with E-state index in [2.05, 4.69) is 10.3 Å². The molecule has 0 bridgehead atoms. The first kappa shape index (κ1) is 19.0. The number of carbonyl (C=O) groups is 2. The fourth-order valence-electron chi connectivity index (χ4n) is 2.40. The van der Waals surface area contributed by atoms with Crippen molar-refractivity contribution in [3.63, 3.8) is 0 Å². The van der Waals surface area contributed by atoms with Gasteiger partial charge in [-0.2, -0.15) is 0 Å². The number of benzene rings is 1. The second-order valence-corrected chi connectivity index (χ2v) is 8.40. The van der Waals surface area contributed by atoms with Crippen molar-refractivity contribution < 1.29 is 14.3 Å². The molecule has 0 spiro atoms. The molecular formula is C20H28N2O3. The van der Waals surface area contributed by atoms with Crippen LogP contribution in [0, 0.1) is 5.41 Å². The summed E-state index contributed by atoms with van der Waals surface area (Å²) in [5.74, 6) is -0.608. The van der Waals surface area contributed by atoms with E-state index in [1.165, 1.54) is 0 Å². The number of hydrogen-bond donors (Lipinski definition) is 2. The molecule has 1 aromatic carbocycles. The van der Waals surface area contributed by atoms with E-state index in [1.807, 2.05) is 71.9 Å². The lowest BCUT2D eigenvalue weighted by atomic mass is 9.95. The lowest BCUT2D eigenvalue weighted by Gasteiger charge is -2.26. The minimum absolute atomic E-state index is 0.181. The molecule has 0 saturated carbocycles. The largest absolute Gasteiger partial charge is 0.458 e. The molecule has 1 aromatic heterocycles. The molecule has 1 heterocycles. The number of aromatic amines is 1. The molecule has 0 saturated heterocycles. The van der Waals surface area contributed by atoms with Gasteiger partial charge in [-0.3, -0.25) is 4.79 Å². The second kappa shape index (κ2) is 6.90. The van der Waals surface area contributed by atoms with Crippen LogP contribution in [0.1, 0.15) is 47.2 Å². The van der Waals surface area contributed by atoms with Gasteiger partial charge in [-0.1, -0.05) is 39.0 Å². The molecule has 0 radical (unpaired) electrons. The number of carbonyl (C=O) groups excluding carboxylic acids is 2. The zero-order valence-electron chi connectivity index (χ0n) is 15.9. The Morgan fingerprint density at radius 3 is 2.32 bits per heavy atom. The van der Waals surface area contributed by atoms with E-state index in [-0.39, 0.29) is 5.91 Å². The van der Waals surface area contributed by atoms with Gasteiger partial charge in [-0.05, 0) is 38.3 Å². The first-order valence-corrected chi connectivity index (χ1v) is 8.56. The molecule has 136 valence electrons. The molecule has 0 aliphatic heterocycles. The van der Waals surface area contributed by atoms with Gasteiger partial charge in [0, 0.05) is 23.0 Å². The van der Waals surface area contributed by atoms with Gasteiger partial charge in [0.2, 0.25) is 5.91 Å². The zero-order chi connectivity index (χ0) is 18.8. The van der Waals surface area contributed by atoms with Crippen molar-refractivity contribution >= 4 is 22.8 Å². The van der Waals surface area contributed by atoms with E-state index in [9.17, 15) is 9.59 Å². The van der Waals surface area contributed by atoms with Crippen molar-refractivity contribution in [1.82, 2.24) is 10.3 Å². The Bertz CT molecular complexity index is 730. The van der Waals surface area contributed by atoms with Crippen LogP contribution >= 0.6 is 0 Å². The number of rotatable bonds is 4. The molecule has 0 fully saturated rings. The molecule has 1 atom stereocenters. The third kappa shape index (κ3) is 5.34. The number of aromatic nitrogens is 1. The molecule has 2 rings (SSSR count). The average Bonchev–Trinajstić information content (AvgIpc) is 2.85. The van der Waals surface area contributed by atoms with E-state index in [0.717, 1.165) is 16.6 Å². The first-order chi connectivity index (χ1) is 11.5. The van der Waals surface area contributed by atoms with Crippen molar-refractivity contribution in [1.29, 1.82) is 0 Å². The first-order valence-electron chi connectivity index (χ1n) is 8.56. The van der Waals surface area contributed by atoms with Crippen molar-refractivity contribution in [2.75, 3.05) is 0 Å². The number of para-hydroxylation sites is 1. The summed E-state index contributed by atoms with van der Waals surface area (Å²) >= 11 is 0. The van der Waals surface area contributed by atoms with Gasteiger partial charge in [-0.25, -0.2) is 4.79 Å². The van der Waals surface area contributed by atoms with Crippen molar-refractivity contribution in [2.45, 2.75) is 59.6 Å². The van der Waals surface area contributed by atoms with Gasteiger partial charge in [0.25, 0.3) is 0 Å². The van der Waals surface area contributed by atoms with Crippen LogP contribution in [0.2, 0.25) is 0 Å². The summed E-state index contributed by atoms with van der Waals surface area (Å²) in [6.45, 7) is 10.9. The standard InChI is InChI=1S/C20H28N2O3/c1-19(2,3)18(24)22-16(17(23)25-20(4,5)6)12-14-11-13-9-7-8-10-15(13)21-14/h7-11,16,21H,12H2,1-6H3,(H,22,24). The molecule has 2 N–H and O–H groups in total. The highest BCUT2D eigenvalue weighted by atomic mass is 16.6. The highest BCUT2D eigenvalue weighted by Gasteiger charge is 2.31. The van der Waals surface area contributed by atoms with E-state index < -0.39 is 23.0 Å². The summed E-state index contributed by atoms with van der Waals surface area (Å²) in [5.41, 5.74) is 0.692. The molecule has 5 heteroatoms. The SMILES string of the molecule is CC(C)(C)OC(=O)C(Cc1cc2ccccc2[nH]1)NC(=O)C(C)(C)C. The Morgan fingerprint density at radius 1 is 1.12 bits per heavy atom. The Hall–Kier alpha value is -2.30. The highest BCUT2D eigenvalue weighted by Crippen LogP contribution is 2.19. The third-order valence-corrected chi connectivity index (χ3v) is 3.69. The molecule has 25 heavy (non-hydrogen) atoms. The molecular weight excluding hydrogens is 316 g/mol. The fourth-order valence-corrected chi connectivity index (χ4v) is 2.40. The molecule has 0 aliphatic carbocycles. The number of fused-ring (bicyclic) bond motifs is 1.